The van der Waals surface area contributed by atoms with Crippen LogP contribution >= 0.6 is 34.9 Å². The van der Waals surface area contributed by atoms with Gasteiger partial charge in [0.1, 0.15) is 9.86 Å². The largest absolute Gasteiger partial charge is 0.339 e. The topological polar surface area (TPSA) is 43.1 Å². The van der Waals surface area contributed by atoms with Gasteiger partial charge in [-0.3, -0.25) is 0 Å². The first-order chi connectivity index (χ1) is 13.6. The lowest BCUT2D eigenvalue weighted by atomic mass is 10.0. The van der Waals surface area contributed by atoms with Gasteiger partial charge < -0.3 is 4.90 Å². The Labute approximate surface area is 179 Å². The average molecular weight is 434 g/mol. The molecule has 0 fully saturated rings. The molecule has 0 unspecified atom stereocenters. The summed E-state index contributed by atoms with van der Waals surface area (Å²) in [4.78, 5) is 17.6. The van der Waals surface area contributed by atoms with Gasteiger partial charge in [0.05, 0.1) is 30.9 Å². The number of thioether (sulfide) groups is 2. The first kappa shape index (κ1) is 20.4. The Hall–Kier alpha value is -0.890. The van der Waals surface area contributed by atoms with E-state index < -0.39 is 0 Å². The normalized spacial score (nSPS) is 13.9. The standard InChI is InChI=1S/C21H28N4S3/c1-5-6-10-15-13-8-7-9-14(13)16-17-18(28-19(16)22-15)20(24-21(23-17)26-4)27-12-11-25(2)3/h5-12H2,1-4H3/p+1. The number of hydrogen-bond donors (Lipinski definition) is 1. The zero-order chi connectivity index (χ0) is 19.7. The van der Waals surface area contributed by atoms with Gasteiger partial charge in [0.2, 0.25) is 0 Å². The monoisotopic (exact) mass is 433 g/mol. The highest BCUT2D eigenvalue weighted by Gasteiger charge is 2.24. The number of rotatable bonds is 8. The number of fused-ring (bicyclic) bond motifs is 5. The van der Waals surface area contributed by atoms with Crippen molar-refractivity contribution in [3.05, 3.63) is 16.8 Å². The molecule has 0 bridgehead atoms. The van der Waals surface area contributed by atoms with Gasteiger partial charge in [-0.15, -0.1) is 11.3 Å². The number of thiophene rings is 1. The van der Waals surface area contributed by atoms with E-state index in [1.54, 1.807) is 23.1 Å². The van der Waals surface area contributed by atoms with Crippen LogP contribution in [0.4, 0.5) is 0 Å². The number of nitrogens with zero attached hydrogens (tertiary/aromatic N) is 3. The summed E-state index contributed by atoms with van der Waals surface area (Å²) < 4.78 is 1.24. The van der Waals surface area contributed by atoms with Crippen LogP contribution in [0.5, 0.6) is 0 Å². The van der Waals surface area contributed by atoms with Gasteiger partial charge >= 0.3 is 0 Å². The van der Waals surface area contributed by atoms with Gasteiger partial charge in [-0.25, -0.2) is 15.0 Å². The van der Waals surface area contributed by atoms with Crippen LogP contribution in [-0.2, 0) is 19.3 Å². The Morgan fingerprint density at radius 2 is 1.93 bits per heavy atom. The van der Waals surface area contributed by atoms with E-state index in [0.717, 1.165) is 34.4 Å². The van der Waals surface area contributed by atoms with Crippen LogP contribution < -0.4 is 4.90 Å². The predicted molar refractivity (Wildman–Crippen MR) is 124 cm³/mol. The van der Waals surface area contributed by atoms with Crippen LogP contribution in [0.2, 0.25) is 0 Å². The Bertz CT molecular complexity index is 997. The van der Waals surface area contributed by atoms with E-state index in [1.807, 2.05) is 11.8 Å². The Balaban J connectivity index is 1.87. The molecule has 0 aliphatic heterocycles. The van der Waals surface area contributed by atoms with Gasteiger partial charge in [-0.1, -0.05) is 36.9 Å². The SMILES string of the molecule is CCCCc1nc2sc3c(SCC[NH+](C)C)nc(SC)nc3c2c2c1CCC2. The van der Waals surface area contributed by atoms with E-state index in [-0.39, 0.29) is 0 Å². The minimum atomic E-state index is 0.883. The summed E-state index contributed by atoms with van der Waals surface area (Å²) in [6.45, 7) is 3.39. The molecule has 1 aliphatic carbocycles. The minimum Gasteiger partial charge on any atom is -0.339 e. The highest BCUT2D eigenvalue weighted by atomic mass is 32.2. The van der Waals surface area contributed by atoms with Crippen LogP contribution in [0, 0.1) is 0 Å². The molecule has 0 aromatic carbocycles. The first-order valence-electron chi connectivity index (χ1n) is 10.2. The zero-order valence-corrected chi connectivity index (χ0v) is 19.7. The number of nitrogens with one attached hydrogen (secondary N) is 1. The van der Waals surface area contributed by atoms with Crippen LogP contribution in [0.15, 0.2) is 10.2 Å². The highest BCUT2D eigenvalue weighted by Crippen LogP contribution is 2.42. The highest BCUT2D eigenvalue weighted by molar-refractivity contribution is 7.99. The fourth-order valence-corrected chi connectivity index (χ4v) is 6.75. The van der Waals surface area contributed by atoms with Gasteiger partial charge in [-0.05, 0) is 49.5 Å². The average Bonchev–Trinajstić information content (AvgIpc) is 3.29. The molecule has 0 saturated heterocycles. The molecule has 28 heavy (non-hydrogen) atoms. The second-order valence-corrected chi connectivity index (χ2v) is 10.6. The van der Waals surface area contributed by atoms with Crippen LogP contribution in [0.25, 0.3) is 20.4 Å². The molecule has 1 aliphatic rings. The molecule has 0 atom stereocenters. The number of quaternary nitrogens is 1. The summed E-state index contributed by atoms with van der Waals surface area (Å²) >= 11 is 5.32. The molecule has 0 saturated carbocycles. The maximum absolute atomic E-state index is 5.16. The zero-order valence-electron chi connectivity index (χ0n) is 17.2. The summed E-state index contributed by atoms with van der Waals surface area (Å²) in [6, 6.07) is 0. The lowest BCUT2D eigenvalue weighted by Crippen LogP contribution is -3.06. The van der Waals surface area contributed by atoms with Crippen molar-refractivity contribution in [2.75, 3.05) is 32.6 Å². The number of hydrogen-bond acceptors (Lipinski definition) is 6. The molecule has 4 nitrogen and oxygen atoms in total. The van der Waals surface area contributed by atoms with Crippen molar-refractivity contribution in [2.45, 2.75) is 55.6 Å². The summed E-state index contributed by atoms with van der Waals surface area (Å²) in [7, 11) is 4.40. The Kier molecular flexibility index (Phi) is 6.45. The molecule has 3 heterocycles. The minimum absolute atomic E-state index is 0.883. The molecule has 3 aromatic rings. The third-order valence-electron chi connectivity index (χ3n) is 5.36. The molecule has 7 heteroatoms. The Morgan fingerprint density at radius 1 is 1.11 bits per heavy atom. The van der Waals surface area contributed by atoms with Crippen LogP contribution in [0.3, 0.4) is 0 Å². The second-order valence-electron chi connectivity index (χ2n) is 7.75. The van der Waals surface area contributed by atoms with E-state index in [4.69, 9.17) is 15.0 Å². The van der Waals surface area contributed by atoms with Crippen molar-refractivity contribution >= 4 is 55.3 Å². The van der Waals surface area contributed by atoms with Gasteiger partial charge in [0.15, 0.2) is 5.16 Å². The number of aromatic nitrogens is 3. The van der Waals surface area contributed by atoms with E-state index in [1.165, 1.54) is 68.7 Å². The lowest BCUT2D eigenvalue weighted by molar-refractivity contribution is -0.855. The summed E-state index contributed by atoms with van der Waals surface area (Å²) in [5, 5.41) is 3.35. The van der Waals surface area contributed by atoms with E-state index in [9.17, 15) is 0 Å². The molecule has 0 spiro atoms. The van der Waals surface area contributed by atoms with E-state index >= 15 is 0 Å². The van der Waals surface area contributed by atoms with Crippen molar-refractivity contribution in [2.24, 2.45) is 0 Å². The van der Waals surface area contributed by atoms with Crippen molar-refractivity contribution < 1.29 is 4.90 Å². The van der Waals surface area contributed by atoms with E-state index in [0.29, 0.717) is 0 Å². The predicted octanol–water partition coefficient (Wildman–Crippen LogP) is 4.03. The third kappa shape index (κ3) is 3.91. The molecule has 1 N–H and O–H groups in total. The Morgan fingerprint density at radius 3 is 2.68 bits per heavy atom. The number of pyridine rings is 1. The molecule has 150 valence electrons. The van der Waals surface area contributed by atoms with Crippen molar-refractivity contribution in [3.63, 3.8) is 0 Å². The second kappa shape index (κ2) is 8.86. The van der Waals surface area contributed by atoms with Gasteiger partial charge in [0, 0.05) is 16.8 Å². The molecule has 3 aromatic heterocycles. The molecule has 0 radical (unpaired) electrons. The van der Waals surface area contributed by atoms with Crippen molar-refractivity contribution in [1.82, 2.24) is 15.0 Å². The fraction of sp³-hybridized carbons (Fsp3) is 0.571. The summed E-state index contributed by atoms with van der Waals surface area (Å²) in [5.41, 5.74) is 5.54. The van der Waals surface area contributed by atoms with E-state index in [2.05, 4.69) is 27.3 Å². The smallest absolute Gasteiger partial charge is 0.189 e. The quantitative estimate of drug-likeness (QED) is 0.330. The molecule has 4 rings (SSSR count). The van der Waals surface area contributed by atoms with Gasteiger partial charge in [-0.2, -0.15) is 0 Å². The summed E-state index contributed by atoms with van der Waals surface area (Å²) in [6.07, 6.45) is 9.23. The van der Waals surface area contributed by atoms with Crippen LogP contribution in [0.1, 0.15) is 43.0 Å². The maximum Gasteiger partial charge on any atom is 0.189 e. The lowest BCUT2D eigenvalue weighted by Gasteiger charge is -2.09. The first-order valence-corrected chi connectivity index (χ1v) is 13.3. The van der Waals surface area contributed by atoms with Crippen molar-refractivity contribution in [3.8, 4) is 0 Å². The molecule has 0 amide bonds. The van der Waals surface area contributed by atoms with Crippen LogP contribution in [-0.4, -0.2) is 47.6 Å². The molecular weight excluding hydrogens is 404 g/mol. The number of unbranched alkanes of at least 4 members (excludes halogenated alkanes) is 1. The van der Waals surface area contributed by atoms with Gasteiger partial charge in [0.25, 0.3) is 0 Å². The van der Waals surface area contributed by atoms with Crippen molar-refractivity contribution in [1.29, 1.82) is 0 Å². The maximum atomic E-state index is 5.16. The fourth-order valence-electron chi connectivity index (χ4n) is 3.89. The third-order valence-corrected chi connectivity index (χ3v) is 8.09. The number of aryl methyl sites for hydroxylation is 2. The molecular formula is C21H29N4S3+. The summed E-state index contributed by atoms with van der Waals surface area (Å²) in [5.74, 6) is 1.07.